The lowest BCUT2D eigenvalue weighted by atomic mass is 9.97. The van der Waals surface area contributed by atoms with Gasteiger partial charge in [0, 0.05) is 11.8 Å². The highest BCUT2D eigenvalue weighted by molar-refractivity contribution is 7.08. The summed E-state index contributed by atoms with van der Waals surface area (Å²) in [5, 5.41) is 16.4. The first kappa shape index (κ1) is 15.8. The van der Waals surface area contributed by atoms with E-state index in [0.717, 1.165) is 28.1 Å². The molecule has 0 aliphatic heterocycles. The first-order chi connectivity index (χ1) is 12.2. The van der Waals surface area contributed by atoms with E-state index in [4.69, 9.17) is 4.52 Å². The molecule has 0 aliphatic carbocycles. The van der Waals surface area contributed by atoms with Crippen LogP contribution in [0.2, 0.25) is 0 Å². The summed E-state index contributed by atoms with van der Waals surface area (Å²) in [6.07, 6.45) is 3.49. The van der Waals surface area contributed by atoms with Crippen molar-refractivity contribution in [2.45, 2.75) is 26.3 Å². The fourth-order valence-electron chi connectivity index (χ4n) is 2.84. The molecule has 4 aromatic rings. The van der Waals surface area contributed by atoms with Gasteiger partial charge in [-0.2, -0.15) is 11.3 Å². The molecule has 0 unspecified atom stereocenters. The molecule has 0 atom stereocenters. The summed E-state index contributed by atoms with van der Waals surface area (Å²) in [5.41, 5.74) is 5.32. The van der Waals surface area contributed by atoms with Crippen LogP contribution in [0.4, 0.5) is 0 Å². The zero-order valence-electron chi connectivity index (χ0n) is 14.1. The maximum Gasteiger partial charge on any atom is 0.175 e. The van der Waals surface area contributed by atoms with Crippen LogP contribution in [0.15, 0.2) is 58.0 Å². The van der Waals surface area contributed by atoms with E-state index in [2.05, 4.69) is 70.4 Å². The third kappa shape index (κ3) is 3.13. The van der Waals surface area contributed by atoms with Crippen molar-refractivity contribution in [3.8, 4) is 22.5 Å². The summed E-state index contributed by atoms with van der Waals surface area (Å²) in [6.45, 7) is 4.91. The number of rotatable bonds is 5. The maximum absolute atomic E-state index is 5.78. The van der Waals surface area contributed by atoms with Gasteiger partial charge in [-0.1, -0.05) is 42.4 Å². The highest BCUT2D eigenvalue weighted by Gasteiger charge is 2.20. The minimum Gasteiger partial charge on any atom is -0.355 e. The van der Waals surface area contributed by atoms with E-state index < -0.39 is 0 Å². The second-order valence-corrected chi connectivity index (χ2v) is 7.01. The molecule has 5 nitrogen and oxygen atoms in total. The van der Waals surface area contributed by atoms with E-state index >= 15 is 0 Å². The average molecular weight is 350 g/mol. The summed E-state index contributed by atoms with van der Waals surface area (Å²) >= 11 is 1.66. The Balaban J connectivity index is 1.83. The van der Waals surface area contributed by atoms with E-state index in [-0.39, 0.29) is 0 Å². The van der Waals surface area contributed by atoms with Crippen LogP contribution in [0, 0.1) is 0 Å². The van der Waals surface area contributed by atoms with Crippen molar-refractivity contribution in [1.29, 1.82) is 0 Å². The number of hydrogen-bond donors (Lipinski definition) is 0. The van der Waals surface area contributed by atoms with Crippen molar-refractivity contribution in [1.82, 2.24) is 20.2 Å². The van der Waals surface area contributed by atoms with Gasteiger partial charge in [0.25, 0.3) is 0 Å². The van der Waals surface area contributed by atoms with Gasteiger partial charge in [-0.25, -0.2) is 4.68 Å². The molecule has 0 saturated carbocycles. The molecular weight excluding hydrogens is 332 g/mol. The van der Waals surface area contributed by atoms with E-state index in [1.54, 1.807) is 22.2 Å². The van der Waals surface area contributed by atoms with E-state index in [1.165, 1.54) is 5.56 Å². The van der Waals surface area contributed by atoms with Crippen molar-refractivity contribution in [2.75, 3.05) is 0 Å². The topological polar surface area (TPSA) is 56.7 Å². The van der Waals surface area contributed by atoms with E-state index in [9.17, 15) is 0 Å². The number of benzene rings is 1. The molecule has 0 aliphatic rings. The number of thiophene rings is 1. The normalized spacial score (nSPS) is 11.3. The quantitative estimate of drug-likeness (QED) is 0.517. The van der Waals surface area contributed by atoms with Crippen molar-refractivity contribution in [2.24, 2.45) is 0 Å². The lowest BCUT2D eigenvalue weighted by Gasteiger charge is -2.08. The summed E-state index contributed by atoms with van der Waals surface area (Å²) in [7, 11) is 0. The average Bonchev–Trinajstić information content (AvgIpc) is 3.37. The molecule has 4 rings (SSSR count). The molecular formula is C19H18N4OS. The fraction of sp³-hybridized carbons (Fsp3) is 0.211. The largest absolute Gasteiger partial charge is 0.355 e. The van der Waals surface area contributed by atoms with Crippen LogP contribution in [0.25, 0.3) is 22.5 Å². The minimum atomic E-state index is 0.460. The first-order valence-electron chi connectivity index (χ1n) is 8.18. The molecule has 0 bridgehead atoms. The number of aromatic nitrogens is 4. The molecule has 0 spiro atoms. The van der Waals surface area contributed by atoms with Crippen molar-refractivity contribution < 1.29 is 4.52 Å². The van der Waals surface area contributed by atoms with Gasteiger partial charge >= 0.3 is 0 Å². The van der Waals surface area contributed by atoms with Crippen LogP contribution < -0.4 is 0 Å². The Kier molecular flexibility index (Phi) is 4.19. The number of nitrogens with zero attached hydrogens (tertiary/aromatic N) is 4. The minimum absolute atomic E-state index is 0.460. The summed E-state index contributed by atoms with van der Waals surface area (Å²) in [5.74, 6) is 1.26. The predicted molar refractivity (Wildman–Crippen MR) is 98.5 cm³/mol. The standard InChI is InChI=1S/C19H18N4OS/c1-13(2)14-4-3-5-15(10-14)19-18(16-6-9-25-12-16)17(21-24-19)11-23-8-7-20-22-23/h3-10,12-13H,11H2,1-2H3. The zero-order valence-corrected chi connectivity index (χ0v) is 14.9. The van der Waals surface area contributed by atoms with Crippen LogP contribution in [0.1, 0.15) is 31.0 Å². The molecule has 6 heteroatoms. The van der Waals surface area contributed by atoms with E-state index in [0.29, 0.717) is 12.5 Å². The zero-order chi connectivity index (χ0) is 17.2. The van der Waals surface area contributed by atoms with Crippen LogP contribution in [0.5, 0.6) is 0 Å². The van der Waals surface area contributed by atoms with Crippen molar-refractivity contribution in [3.63, 3.8) is 0 Å². The Labute approximate surface area is 149 Å². The third-order valence-corrected chi connectivity index (χ3v) is 4.86. The second kappa shape index (κ2) is 6.64. The second-order valence-electron chi connectivity index (χ2n) is 6.23. The highest BCUT2D eigenvalue weighted by Crippen LogP contribution is 2.37. The Morgan fingerprint density at radius 2 is 2.12 bits per heavy atom. The molecule has 0 radical (unpaired) electrons. The van der Waals surface area contributed by atoms with Gasteiger partial charge in [-0.15, -0.1) is 5.10 Å². The van der Waals surface area contributed by atoms with Gasteiger partial charge in [0.1, 0.15) is 5.69 Å². The van der Waals surface area contributed by atoms with E-state index in [1.807, 2.05) is 6.20 Å². The molecule has 1 aromatic carbocycles. The maximum atomic E-state index is 5.78. The molecule has 3 aromatic heterocycles. The SMILES string of the molecule is CC(C)c1cccc(-c2onc(Cn3ccnn3)c2-c2ccsc2)c1. The Morgan fingerprint density at radius 3 is 2.84 bits per heavy atom. The van der Waals surface area contributed by atoms with Gasteiger partial charge in [-0.05, 0) is 39.9 Å². The van der Waals surface area contributed by atoms with Gasteiger partial charge in [-0.3, -0.25) is 0 Å². The van der Waals surface area contributed by atoms with Crippen molar-refractivity contribution >= 4 is 11.3 Å². The molecule has 3 heterocycles. The molecule has 0 saturated heterocycles. The monoisotopic (exact) mass is 350 g/mol. The lowest BCUT2D eigenvalue weighted by molar-refractivity contribution is 0.419. The number of hydrogen-bond acceptors (Lipinski definition) is 5. The van der Waals surface area contributed by atoms with Gasteiger partial charge in [0.05, 0.1) is 18.3 Å². The highest BCUT2D eigenvalue weighted by atomic mass is 32.1. The Hall–Kier alpha value is -2.73. The van der Waals surface area contributed by atoms with Crippen LogP contribution in [-0.2, 0) is 6.54 Å². The van der Waals surface area contributed by atoms with Crippen molar-refractivity contribution in [3.05, 3.63) is 64.7 Å². The van der Waals surface area contributed by atoms with Crippen LogP contribution in [0.3, 0.4) is 0 Å². The first-order valence-corrected chi connectivity index (χ1v) is 9.12. The summed E-state index contributed by atoms with van der Waals surface area (Å²) in [6, 6.07) is 10.6. The fourth-order valence-corrected chi connectivity index (χ4v) is 3.49. The summed E-state index contributed by atoms with van der Waals surface area (Å²) < 4.78 is 7.53. The molecule has 0 amide bonds. The molecule has 0 N–H and O–H groups in total. The lowest BCUT2D eigenvalue weighted by Crippen LogP contribution is -2.02. The van der Waals surface area contributed by atoms with Gasteiger partial charge in [0.2, 0.25) is 0 Å². The van der Waals surface area contributed by atoms with Gasteiger partial charge < -0.3 is 4.52 Å². The Bertz CT molecular complexity index is 955. The van der Waals surface area contributed by atoms with Crippen LogP contribution >= 0.6 is 11.3 Å². The predicted octanol–water partition coefficient (Wildman–Crippen LogP) is 4.83. The molecule has 25 heavy (non-hydrogen) atoms. The third-order valence-electron chi connectivity index (χ3n) is 4.17. The van der Waals surface area contributed by atoms with Crippen LogP contribution in [-0.4, -0.2) is 20.2 Å². The molecule has 0 fully saturated rings. The molecule has 126 valence electrons. The Morgan fingerprint density at radius 1 is 1.20 bits per heavy atom. The van der Waals surface area contributed by atoms with Gasteiger partial charge in [0.15, 0.2) is 5.76 Å². The summed E-state index contributed by atoms with van der Waals surface area (Å²) in [4.78, 5) is 0. The smallest absolute Gasteiger partial charge is 0.175 e.